The van der Waals surface area contributed by atoms with E-state index in [1.54, 1.807) is 45.0 Å². The zero-order chi connectivity index (χ0) is 55.1. The lowest BCUT2D eigenvalue weighted by Crippen LogP contribution is -2.63. The summed E-state index contributed by atoms with van der Waals surface area (Å²) in [7, 11) is 3.36. The molecule has 17 heteroatoms. The third-order valence-electron chi connectivity index (χ3n) is 15.9. The number of likely N-dealkylation sites (tertiary alicyclic amines) is 2. The molecule has 3 aromatic carbocycles. The summed E-state index contributed by atoms with van der Waals surface area (Å²) in [6.45, 7) is 15.3. The lowest BCUT2D eigenvalue weighted by atomic mass is 9.84. The number of carbonyl (C=O) groups excluding carboxylic acids is 7. The molecule has 412 valence electrons. The highest BCUT2D eigenvalue weighted by atomic mass is 16.5. The molecule has 2 aliphatic heterocycles. The van der Waals surface area contributed by atoms with Crippen LogP contribution >= 0.6 is 0 Å². The van der Waals surface area contributed by atoms with Gasteiger partial charge in [-0.3, -0.25) is 33.6 Å². The van der Waals surface area contributed by atoms with Crippen LogP contribution in [0.4, 0.5) is 0 Å². The van der Waals surface area contributed by atoms with Gasteiger partial charge in [0.25, 0.3) is 5.91 Å². The number of ether oxygens (including phenoxy) is 1. The summed E-state index contributed by atoms with van der Waals surface area (Å²) >= 11 is 0. The topological polar surface area (TPSA) is 219 Å². The maximum atomic E-state index is 14.6. The smallest absolute Gasteiger partial charge is 0.251 e. The van der Waals surface area contributed by atoms with Crippen molar-refractivity contribution in [2.45, 2.75) is 180 Å². The average molecular weight is 1050 g/mol. The van der Waals surface area contributed by atoms with E-state index in [4.69, 9.17) is 4.74 Å². The van der Waals surface area contributed by atoms with Gasteiger partial charge in [-0.1, -0.05) is 102 Å². The standard InChI is InChI=1S/C59H83N9O8/c1-35(60-9)51(69)65-49(58(3,4)5)56(74)67-30-29-42(32-48(67)55(73)64-46-24-16-20-39-18-12-14-22-44(39)46)76-34-37-25-27-40(28-26-37)53(71)62-41-31-47(54(72)63-45-23-15-19-38-17-11-13-21-43(38)45)68(33-41)57(75)50(59(6,7)8)66-52(70)36(2)61-10/h11-14,17-18,21-22,25-28,35-36,41-42,45-50,60-61H,15-16,19-20,23-24,29-34H2,1-10H3,(H,62,71)(H,63,72)(H,64,73)(H,65,69)(H,66,70)/t35-,36-,41?,42+,45+,46+,47-,48-,49?,50+/m0/s1. The summed E-state index contributed by atoms with van der Waals surface area (Å²) in [5, 5.41) is 21.4. The van der Waals surface area contributed by atoms with Gasteiger partial charge in [-0.25, -0.2) is 0 Å². The van der Waals surface area contributed by atoms with Crippen molar-refractivity contribution in [3.8, 4) is 0 Å². The van der Waals surface area contributed by atoms with Crippen molar-refractivity contribution in [3.05, 3.63) is 106 Å². The van der Waals surface area contributed by atoms with Crippen LogP contribution in [0, 0.1) is 10.8 Å². The number of nitrogens with one attached hydrogen (secondary N) is 7. The normalized spacial score (nSPS) is 23.1. The molecular formula is C59H83N9O8. The lowest BCUT2D eigenvalue weighted by molar-refractivity contribution is -0.151. The summed E-state index contributed by atoms with van der Waals surface area (Å²) in [4.78, 5) is 102. The first-order chi connectivity index (χ1) is 36.1. The number of rotatable bonds is 17. The first-order valence-corrected chi connectivity index (χ1v) is 27.4. The van der Waals surface area contributed by atoms with E-state index >= 15 is 0 Å². The van der Waals surface area contributed by atoms with Crippen molar-refractivity contribution < 1.29 is 38.3 Å². The number of hydrogen-bond donors (Lipinski definition) is 7. The van der Waals surface area contributed by atoms with Gasteiger partial charge < -0.3 is 51.8 Å². The molecule has 0 saturated carbocycles. The van der Waals surface area contributed by atoms with Crippen LogP contribution in [0.1, 0.15) is 151 Å². The molecule has 2 aliphatic carbocycles. The number of fused-ring (bicyclic) bond motifs is 2. The highest BCUT2D eigenvalue weighted by Gasteiger charge is 2.47. The second kappa shape index (κ2) is 24.9. The molecule has 2 fully saturated rings. The van der Waals surface area contributed by atoms with Crippen molar-refractivity contribution >= 4 is 41.4 Å². The molecule has 7 amide bonds. The molecule has 4 aliphatic rings. The molecule has 0 spiro atoms. The van der Waals surface area contributed by atoms with Crippen LogP contribution in [-0.2, 0) is 53.0 Å². The van der Waals surface area contributed by atoms with Gasteiger partial charge in [-0.05, 0) is 130 Å². The fourth-order valence-corrected chi connectivity index (χ4v) is 11.0. The molecule has 10 atom stereocenters. The van der Waals surface area contributed by atoms with Gasteiger partial charge in [-0.15, -0.1) is 0 Å². The number of piperidine rings is 1. The first-order valence-electron chi connectivity index (χ1n) is 27.4. The molecular weight excluding hydrogens is 963 g/mol. The lowest BCUT2D eigenvalue weighted by Gasteiger charge is -2.43. The number of nitrogens with zero attached hydrogens (tertiary/aromatic N) is 2. The summed E-state index contributed by atoms with van der Waals surface area (Å²) in [5.74, 6) is -2.31. The van der Waals surface area contributed by atoms with Crippen LogP contribution in [0.3, 0.4) is 0 Å². The Kier molecular flexibility index (Phi) is 18.8. The molecule has 76 heavy (non-hydrogen) atoms. The van der Waals surface area contributed by atoms with E-state index in [1.807, 2.05) is 84.0 Å². The highest BCUT2D eigenvalue weighted by molar-refractivity contribution is 5.97. The Morgan fingerprint density at radius 1 is 0.605 bits per heavy atom. The molecule has 0 bridgehead atoms. The van der Waals surface area contributed by atoms with E-state index in [2.05, 4.69) is 55.4 Å². The van der Waals surface area contributed by atoms with E-state index in [1.165, 1.54) is 16.0 Å². The van der Waals surface area contributed by atoms with E-state index in [0.29, 0.717) is 12.0 Å². The minimum Gasteiger partial charge on any atom is -0.373 e. The Bertz CT molecular complexity index is 2570. The SMILES string of the molecule is CN[C@@H](C)C(=O)NC(C(=O)N1CC[C@@H](OCc2ccc(C(=O)NC3C[C@@H](C(=O)N[C@@H]4CCCc5ccccc54)N(C(=O)[C@@H](NC(=O)[C@H](C)NC)C(C)(C)C)C3)cc2)C[C@H]1C(=O)N[C@@H]1CCCc2ccccc21)C(C)(C)C. The fraction of sp³-hybridized carbons (Fsp3) is 0.576. The van der Waals surface area contributed by atoms with Gasteiger partial charge in [0.1, 0.15) is 24.2 Å². The van der Waals surface area contributed by atoms with Gasteiger partial charge in [0.05, 0.1) is 36.9 Å². The average Bonchev–Trinajstić information content (AvgIpc) is 3.83. The Morgan fingerprint density at radius 3 is 1.57 bits per heavy atom. The monoisotopic (exact) mass is 1050 g/mol. The predicted molar refractivity (Wildman–Crippen MR) is 291 cm³/mol. The number of aryl methyl sites for hydroxylation is 2. The maximum absolute atomic E-state index is 14.6. The quantitative estimate of drug-likeness (QED) is 0.0968. The van der Waals surface area contributed by atoms with Crippen LogP contribution in [0.15, 0.2) is 72.8 Å². The zero-order valence-corrected chi connectivity index (χ0v) is 46.3. The van der Waals surface area contributed by atoms with Gasteiger partial charge in [0.2, 0.25) is 35.4 Å². The van der Waals surface area contributed by atoms with E-state index in [-0.39, 0.29) is 86.2 Å². The largest absolute Gasteiger partial charge is 0.373 e. The molecule has 0 radical (unpaired) electrons. The van der Waals surface area contributed by atoms with Crippen molar-refractivity contribution in [1.29, 1.82) is 0 Å². The third-order valence-corrected chi connectivity index (χ3v) is 15.9. The molecule has 2 unspecified atom stereocenters. The maximum Gasteiger partial charge on any atom is 0.251 e. The molecule has 2 saturated heterocycles. The van der Waals surface area contributed by atoms with Crippen molar-refractivity contribution in [2.75, 3.05) is 27.2 Å². The Morgan fingerprint density at radius 2 is 1.08 bits per heavy atom. The number of amides is 7. The fourth-order valence-electron chi connectivity index (χ4n) is 11.0. The molecule has 17 nitrogen and oxygen atoms in total. The molecule has 2 heterocycles. The van der Waals surface area contributed by atoms with Crippen LogP contribution in [0.25, 0.3) is 0 Å². The minimum absolute atomic E-state index is 0.0677. The summed E-state index contributed by atoms with van der Waals surface area (Å²) < 4.78 is 6.50. The molecule has 7 N–H and O–H groups in total. The second-order valence-electron chi connectivity index (χ2n) is 23.6. The van der Waals surface area contributed by atoms with Crippen molar-refractivity contribution in [3.63, 3.8) is 0 Å². The van der Waals surface area contributed by atoms with Crippen molar-refractivity contribution in [2.24, 2.45) is 10.8 Å². The summed E-state index contributed by atoms with van der Waals surface area (Å²) in [6.07, 6.45) is 5.76. The summed E-state index contributed by atoms with van der Waals surface area (Å²) in [6, 6.07) is 17.6. The number of carbonyl (C=O) groups is 7. The van der Waals surface area contributed by atoms with Crippen LogP contribution < -0.4 is 37.2 Å². The second-order valence-corrected chi connectivity index (χ2v) is 23.6. The van der Waals surface area contributed by atoms with E-state index < -0.39 is 59.0 Å². The van der Waals surface area contributed by atoms with E-state index in [9.17, 15) is 33.6 Å². The molecule has 0 aromatic heterocycles. The molecule has 3 aromatic rings. The summed E-state index contributed by atoms with van der Waals surface area (Å²) in [5.41, 5.74) is 4.36. The number of benzene rings is 3. The number of likely N-dealkylation sites (N-methyl/N-ethyl adjacent to an activating group) is 2. The van der Waals surface area contributed by atoms with Gasteiger partial charge in [0.15, 0.2) is 0 Å². The van der Waals surface area contributed by atoms with Crippen molar-refractivity contribution in [1.82, 2.24) is 47.0 Å². The first kappa shape index (κ1) is 57.5. The zero-order valence-electron chi connectivity index (χ0n) is 46.3. The number of hydrogen-bond acceptors (Lipinski definition) is 10. The Balaban J connectivity index is 1.03. The Hall–Kier alpha value is -6.17. The Labute approximate surface area is 449 Å². The van der Waals surface area contributed by atoms with Crippen LogP contribution in [0.5, 0.6) is 0 Å². The van der Waals surface area contributed by atoms with Gasteiger partial charge in [-0.2, -0.15) is 0 Å². The molecule has 7 rings (SSSR count). The third kappa shape index (κ3) is 13.9. The van der Waals surface area contributed by atoms with Gasteiger partial charge >= 0.3 is 0 Å². The van der Waals surface area contributed by atoms with Crippen LogP contribution in [-0.4, -0.2) is 127 Å². The van der Waals surface area contributed by atoms with Crippen LogP contribution in [0.2, 0.25) is 0 Å². The van der Waals surface area contributed by atoms with E-state index in [0.717, 1.165) is 55.2 Å². The minimum atomic E-state index is -0.948. The predicted octanol–water partition coefficient (Wildman–Crippen LogP) is 4.93. The van der Waals surface area contributed by atoms with Gasteiger partial charge in [0, 0.05) is 31.1 Å². The highest BCUT2D eigenvalue weighted by Crippen LogP contribution is 2.34.